The number of nitrogens with zero attached hydrogens (tertiary/aromatic N) is 3. The summed E-state index contributed by atoms with van der Waals surface area (Å²) in [6.07, 6.45) is 3.13. The van der Waals surface area contributed by atoms with Gasteiger partial charge in [-0.25, -0.2) is 20.4 Å². The van der Waals surface area contributed by atoms with E-state index in [1.165, 1.54) is 6.33 Å². The predicted molar refractivity (Wildman–Crippen MR) is 80.5 cm³/mol. The lowest BCUT2D eigenvalue weighted by molar-refractivity contribution is 0.464. The summed E-state index contributed by atoms with van der Waals surface area (Å²) >= 11 is 0. The Morgan fingerprint density at radius 2 is 1.80 bits per heavy atom. The lowest BCUT2D eigenvalue weighted by atomic mass is 10.1. The monoisotopic (exact) mass is 273 g/mol. The van der Waals surface area contributed by atoms with Crippen LogP contribution in [0.25, 0.3) is 0 Å². The Balaban J connectivity index is 2.15. The van der Waals surface area contributed by atoms with Crippen molar-refractivity contribution in [2.24, 2.45) is 0 Å². The van der Waals surface area contributed by atoms with Gasteiger partial charge in [-0.2, -0.15) is 0 Å². The van der Waals surface area contributed by atoms with Crippen LogP contribution in [0.5, 0.6) is 0 Å². The molecule has 0 saturated carbocycles. The fourth-order valence-electron chi connectivity index (χ4n) is 1.40. The number of rotatable bonds is 4. The van der Waals surface area contributed by atoms with Crippen molar-refractivity contribution in [2.45, 2.75) is 26.3 Å². The summed E-state index contributed by atoms with van der Waals surface area (Å²) in [6.45, 7) is 6.10. The Bertz CT molecular complexity index is 563. The summed E-state index contributed by atoms with van der Waals surface area (Å²) in [5.41, 5.74) is 12.5. The highest BCUT2D eigenvalue weighted by molar-refractivity contribution is 5.76. The molecule has 7 heteroatoms. The number of nitrogens with two attached hydrogens (primary N) is 1. The van der Waals surface area contributed by atoms with Crippen LogP contribution in [-0.4, -0.2) is 20.5 Å². The fraction of sp³-hybridized carbons (Fsp3) is 0.308. The molecule has 0 fully saturated rings. The summed E-state index contributed by atoms with van der Waals surface area (Å²) in [6, 6.07) is 5.56. The molecule has 0 saturated heterocycles. The van der Waals surface area contributed by atoms with E-state index in [0.29, 0.717) is 23.1 Å². The van der Waals surface area contributed by atoms with Gasteiger partial charge >= 0.3 is 0 Å². The standard InChI is InChI=1S/C13H19N7/c1-13(2,3)20-19-12-10(14)11(16-8-17-12)18-9-6-4-5-7-15-9/h4-8,20H,14H2,1-3H3,(H2,15,16,17,18,19). The van der Waals surface area contributed by atoms with Gasteiger partial charge < -0.3 is 16.5 Å². The van der Waals surface area contributed by atoms with E-state index in [0.717, 1.165) is 0 Å². The molecule has 0 spiro atoms. The van der Waals surface area contributed by atoms with Crippen LogP contribution in [0.2, 0.25) is 0 Å². The van der Waals surface area contributed by atoms with E-state index in [1.807, 2.05) is 39.0 Å². The molecule has 0 aliphatic rings. The zero-order chi connectivity index (χ0) is 14.6. The van der Waals surface area contributed by atoms with Gasteiger partial charge in [0, 0.05) is 11.7 Å². The average molecular weight is 273 g/mol. The predicted octanol–water partition coefficient (Wildman–Crippen LogP) is 1.91. The third-order valence-electron chi connectivity index (χ3n) is 2.35. The second-order valence-electron chi connectivity index (χ2n) is 5.32. The Morgan fingerprint density at radius 3 is 2.45 bits per heavy atom. The van der Waals surface area contributed by atoms with E-state index >= 15 is 0 Å². The van der Waals surface area contributed by atoms with Crippen LogP contribution in [0.15, 0.2) is 30.7 Å². The highest BCUT2D eigenvalue weighted by atomic mass is 15.4. The molecule has 7 nitrogen and oxygen atoms in total. The summed E-state index contributed by atoms with van der Waals surface area (Å²) in [7, 11) is 0. The number of hydrogen-bond acceptors (Lipinski definition) is 7. The van der Waals surface area contributed by atoms with Crippen molar-refractivity contribution in [2.75, 3.05) is 16.5 Å². The van der Waals surface area contributed by atoms with Crippen LogP contribution in [-0.2, 0) is 0 Å². The first-order chi connectivity index (χ1) is 9.46. The number of hydrazine groups is 1. The van der Waals surface area contributed by atoms with Crippen molar-refractivity contribution < 1.29 is 0 Å². The number of nitrogen functional groups attached to an aromatic ring is 1. The third kappa shape index (κ3) is 3.79. The van der Waals surface area contributed by atoms with Crippen molar-refractivity contribution >= 4 is 23.1 Å². The summed E-state index contributed by atoms with van der Waals surface area (Å²) in [4.78, 5) is 12.4. The molecule has 0 radical (unpaired) electrons. The van der Waals surface area contributed by atoms with Crippen LogP contribution < -0.4 is 21.9 Å². The Morgan fingerprint density at radius 1 is 1.05 bits per heavy atom. The molecule has 0 bridgehead atoms. The minimum atomic E-state index is -0.105. The lowest BCUT2D eigenvalue weighted by Gasteiger charge is -2.22. The van der Waals surface area contributed by atoms with Gasteiger partial charge in [-0.05, 0) is 32.9 Å². The van der Waals surface area contributed by atoms with Gasteiger partial charge in [-0.15, -0.1) is 0 Å². The largest absolute Gasteiger partial charge is 0.393 e. The highest BCUT2D eigenvalue weighted by Crippen LogP contribution is 2.24. The average Bonchev–Trinajstić information content (AvgIpc) is 2.40. The van der Waals surface area contributed by atoms with E-state index in [-0.39, 0.29) is 5.54 Å². The summed E-state index contributed by atoms with van der Waals surface area (Å²) < 4.78 is 0. The molecule has 20 heavy (non-hydrogen) atoms. The van der Waals surface area contributed by atoms with Crippen LogP contribution in [0.4, 0.5) is 23.1 Å². The molecule has 0 aliphatic carbocycles. The maximum atomic E-state index is 6.04. The van der Waals surface area contributed by atoms with Gasteiger partial charge in [-0.3, -0.25) is 0 Å². The second kappa shape index (κ2) is 5.70. The number of aromatic nitrogens is 3. The topological polar surface area (TPSA) is 101 Å². The van der Waals surface area contributed by atoms with E-state index in [9.17, 15) is 0 Å². The fourth-order valence-corrected chi connectivity index (χ4v) is 1.40. The number of pyridine rings is 1. The van der Waals surface area contributed by atoms with Gasteiger partial charge in [0.25, 0.3) is 0 Å². The van der Waals surface area contributed by atoms with Gasteiger partial charge in [0.05, 0.1) is 0 Å². The van der Waals surface area contributed by atoms with E-state index in [4.69, 9.17) is 5.73 Å². The van der Waals surface area contributed by atoms with Crippen LogP contribution in [0.1, 0.15) is 20.8 Å². The third-order valence-corrected chi connectivity index (χ3v) is 2.35. The van der Waals surface area contributed by atoms with Crippen LogP contribution in [0, 0.1) is 0 Å². The molecular formula is C13H19N7. The Hall–Kier alpha value is -2.41. The van der Waals surface area contributed by atoms with Crippen molar-refractivity contribution in [1.82, 2.24) is 20.4 Å². The van der Waals surface area contributed by atoms with Gasteiger partial charge in [0.2, 0.25) is 0 Å². The van der Waals surface area contributed by atoms with Crippen molar-refractivity contribution in [3.63, 3.8) is 0 Å². The molecule has 0 aromatic carbocycles. The van der Waals surface area contributed by atoms with Crippen LogP contribution >= 0.6 is 0 Å². The first kappa shape index (κ1) is 14.0. The van der Waals surface area contributed by atoms with Gasteiger partial charge in [0.1, 0.15) is 17.8 Å². The van der Waals surface area contributed by atoms with Gasteiger partial charge in [0.15, 0.2) is 11.6 Å². The van der Waals surface area contributed by atoms with E-state index in [2.05, 4.69) is 31.1 Å². The first-order valence-electron chi connectivity index (χ1n) is 6.27. The normalized spacial score (nSPS) is 11.2. The molecule has 0 aliphatic heterocycles. The highest BCUT2D eigenvalue weighted by Gasteiger charge is 2.12. The van der Waals surface area contributed by atoms with E-state index < -0.39 is 0 Å². The number of hydrogen-bond donors (Lipinski definition) is 4. The maximum Gasteiger partial charge on any atom is 0.169 e. The molecule has 0 atom stereocenters. The molecule has 2 aromatic rings. The lowest BCUT2D eigenvalue weighted by Crippen LogP contribution is -2.40. The van der Waals surface area contributed by atoms with Crippen molar-refractivity contribution in [1.29, 1.82) is 0 Å². The smallest absolute Gasteiger partial charge is 0.169 e. The molecule has 0 amide bonds. The van der Waals surface area contributed by atoms with Crippen molar-refractivity contribution in [3.05, 3.63) is 30.7 Å². The molecule has 2 aromatic heterocycles. The maximum absolute atomic E-state index is 6.04. The first-order valence-corrected chi connectivity index (χ1v) is 6.27. The molecule has 2 heterocycles. The number of anilines is 4. The number of nitrogens with one attached hydrogen (secondary N) is 3. The quantitative estimate of drug-likeness (QED) is 0.631. The summed E-state index contributed by atoms with van der Waals surface area (Å²) in [5.74, 6) is 1.71. The summed E-state index contributed by atoms with van der Waals surface area (Å²) in [5, 5.41) is 3.05. The minimum absolute atomic E-state index is 0.105. The SMILES string of the molecule is CC(C)(C)NNc1ncnc(Nc2ccccn2)c1N. The molecule has 0 unspecified atom stereocenters. The second-order valence-corrected chi connectivity index (χ2v) is 5.32. The van der Waals surface area contributed by atoms with E-state index in [1.54, 1.807) is 6.20 Å². The Kier molecular flexibility index (Phi) is 3.99. The van der Waals surface area contributed by atoms with Gasteiger partial charge in [-0.1, -0.05) is 6.07 Å². The van der Waals surface area contributed by atoms with Crippen LogP contribution in [0.3, 0.4) is 0 Å². The molecule has 2 rings (SSSR count). The molecule has 5 N–H and O–H groups in total. The Labute approximate surface area is 118 Å². The zero-order valence-electron chi connectivity index (χ0n) is 11.8. The minimum Gasteiger partial charge on any atom is -0.393 e. The molecule has 106 valence electrons. The van der Waals surface area contributed by atoms with Crippen molar-refractivity contribution in [3.8, 4) is 0 Å². The zero-order valence-corrected chi connectivity index (χ0v) is 11.8. The molecular weight excluding hydrogens is 254 g/mol.